The van der Waals surface area contributed by atoms with Crippen LogP contribution < -0.4 is 11.1 Å². The minimum absolute atomic E-state index is 0.119. The Labute approximate surface area is 117 Å². The van der Waals surface area contributed by atoms with E-state index in [9.17, 15) is 0 Å². The van der Waals surface area contributed by atoms with E-state index in [1.807, 2.05) is 0 Å². The molecule has 3 rings (SSSR count). The molecule has 1 atom stereocenters. The molecule has 96 valence electrons. The molecule has 0 amide bonds. The zero-order valence-corrected chi connectivity index (χ0v) is 11.8. The molecule has 0 aliphatic carbocycles. The number of H-pyrrole nitrogens is 1. The molecule has 8 heteroatoms. The van der Waals surface area contributed by atoms with E-state index in [0.717, 1.165) is 22.2 Å². The molecule has 0 bridgehead atoms. The fraction of sp³-hybridized carbons (Fsp3) is 0.500. The predicted molar refractivity (Wildman–Crippen MR) is 75.2 cm³/mol. The number of aromatic amines is 1. The fourth-order valence-electron chi connectivity index (χ4n) is 1.99. The number of nitrogen functional groups attached to an aromatic ring is 1. The number of aromatic nitrogens is 4. The van der Waals surface area contributed by atoms with Crippen LogP contribution >= 0.6 is 22.6 Å². The molecule has 1 aliphatic rings. The number of nitrogens with zero attached hydrogens (tertiary/aromatic N) is 3. The summed E-state index contributed by atoms with van der Waals surface area (Å²) in [5, 5.41) is 11.1. The van der Waals surface area contributed by atoms with E-state index < -0.39 is 0 Å². The van der Waals surface area contributed by atoms with Crippen LogP contribution in [0.4, 0.5) is 5.82 Å². The monoisotopic (exact) mass is 360 g/mol. The number of anilines is 1. The summed E-state index contributed by atoms with van der Waals surface area (Å²) in [6.07, 6.45) is 0. The molecule has 3 heterocycles. The Morgan fingerprint density at radius 1 is 1.39 bits per heavy atom. The average molecular weight is 360 g/mol. The summed E-state index contributed by atoms with van der Waals surface area (Å²) in [5.74, 6) is 1.28. The maximum Gasteiger partial charge on any atom is 0.187 e. The summed E-state index contributed by atoms with van der Waals surface area (Å²) in [6.45, 7) is 2.98. The van der Waals surface area contributed by atoms with Gasteiger partial charge in [-0.15, -0.1) is 0 Å². The number of nitrogens with two attached hydrogens (primary N) is 1. The Hall–Kier alpha value is -1.00. The minimum atomic E-state index is 0.119. The maximum atomic E-state index is 5.97. The van der Waals surface area contributed by atoms with Gasteiger partial charge in [-0.05, 0) is 22.6 Å². The van der Waals surface area contributed by atoms with Crippen LogP contribution in [0.25, 0.3) is 11.0 Å². The van der Waals surface area contributed by atoms with E-state index >= 15 is 0 Å². The molecule has 4 N–H and O–H groups in total. The van der Waals surface area contributed by atoms with Crippen molar-refractivity contribution in [3.8, 4) is 0 Å². The highest BCUT2D eigenvalue weighted by atomic mass is 127. The fourth-order valence-corrected chi connectivity index (χ4v) is 2.62. The van der Waals surface area contributed by atoms with Crippen LogP contribution in [-0.4, -0.2) is 46.5 Å². The molecular weight excluding hydrogens is 347 g/mol. The van der Waals surface area contributed by atoms with Crippen LogP contribution in [0.15, 0.2) is 0 Å². The SMILES string of the molecule is Nc1nc(C2CNCCOC2)nc2n[nH]c(I)c12. The molecule has 1 unspecified atom stereocenters. The average Bonchev–Trinajstić information content (AvgIpc) is 2.60. The van der Waals surface area contributed by atoms with E-state index in [1.165, 1.54) is 0 Å². The summed E-state index contributed by atoms with van der Waals surface area (Å²) in [5.41, 5.74) is 6.59. The van der Waals surface area contributed by atoms with Gasteiger partial charge in [0.25, 0.3) is 0 Å². The molecule has 2 aromatic rings. The molecule has 0 aromatic carbocycles. The lowest BCUT2D eigenvalue weighted by molar-refractivity contribution is 0.139. The van der Waals surface area contributed by atoms with Crippen LogP contribution in [0.3, 0.4) is 0 Å². The second-order valence-corrected chi connectivity index (χ2v) is 5.26. The van der Waals surface area contributed by atoms with Crippen molar-refractivity contribution in [1.82, 2.24) is 25.5 Å². The number of halogens is 1. The lowest BCUT2D eigenvalue weighted by Gasteiger charge is -2.12. The molecule has 0 spiro atoms. The minimum Gasteiger partial charge on any atom is -0.383 e. The highest BCUT2D eigenvalue weighted by molar-refractivity contribution is 14.1. The summed E-state index contributed by atoms with van der Waals surface area (Å²) in [4.78, 5) is 8.85. The van der Waals surface area contributed by atoms with Gasteiger partial charge in [-0.25, -0.2) is 9.97 Å². The number of hydrogen-bond acceptors (Lipinski definition) is 6. The first-order valence-electron chi connectivity index (χ1n) is 5.71. The molecular formula is C10H13IN6O. The van der Waals surface area contributed by atoms with Crippen LogP contribution in [0, 0.1) is 3.70 Å². The first-order chi connectivity index (χ1) is 8.75. The summed E-state index contributed by atoms with van der Waals surface area (Å²) < 4.78 is 6.37. The van der Waals surface area contributed by atoms with E-state index in [0.29, 0.717) is 30.5 Å². The van der Waals surface area contributed by atoms with Gasteiger partial charge in [0.15, 0.2) is 5.65 Å². The van der Waals surface area contributed by atoms with Crippen molar-refractivity contribution >= 4 is 39.4 Å². The Bertz CT molecular complexity index is 563. The molecule has 7 nitrogen and oxygen atoms in total. The highest BCUT2D eigenvalue weighted by Crippen LogP contribution is 2.23. The van der Waals surface area contributed by atoms with Crippen molar-refractivity contribution in [1.29, 1.82) is 0 Å². The first kappa shape index (κ1) is 12.1. The van der Waals surface area contributed by atoms with Crippen molar-refractivity contribution in [2.24, 2.45) is 0 Å². The molecule has 1 aliphatic heterocycles. The van der Waals surface area contributed by atoms with Gasteiger partial charge in [0, 0.05) is 13.1 Å². The Kier molecular flexibility index (Phi) is 3.31. The van der Waals surface area contributed by atoms with Crippen molar-refractivity contribution in [3.05, 3.63) is 9.53 Å². The van der Waals surface area contributed by atoms with E-state index in [2.05, 4.69) is 48.1 Å². The lowest BCUT2D eigenvalue weighted by atomic mass is 10.1. The maximum absolute atomic E-state index is 5.97. The molecule has 0 saturated carbocycles. The van der Waals surface area contributed by atoms with E-state index in [4.69, 9.17) is 10.5 Å². The van der Waals surface area contributed by atoms with Gasteiger partial charge in [-0.3, -0.25) is 5.10 Å². The van der Waals surface area contributed by atoms with Crippen LogP contribution in [0.5, 0.6) is 0 Å². The molecule has 1 saturated heterocycles. The molecule has 0 radical (unpaired) electrons. The molecule has 18 heavy (non-hydrogen) atoms. The first-order valence-corrected chi connectivity index (χ1v) is 6.79. The standard InChI is InChI=1S/C10H13IN6O/c11-7-6-8(12)14-9(15-10(6)17-16-7)5-3-13-1-2-18-4-5/h5,13H,1-4H2,(H3,12,14,15,16,17). The van der Waals surface area contributed by atoms with Crippen molar-refractivity contribution < 1.29 is 4.74 Å². The topological polar surface area (TPSA) is 102 Å². The molecule has 2 aromatic heterocycles. The Morgan fingerprint density at radius 2 is 2.28 bits per heavy atom. The van der Waals surface area contributed by atoms with Gasteiger partial charge < -0.3 is 15.8 Å². The van der Waals surface area contributed by atoms with Crippen LogP contribution in [0.1, 0.15) is 11.7 Å². The van der Waals surface area contributed by atoms with Gasteiger partial charge in [0.2, 0.25) is 0 Å². The van der Waals surface area contributed by atoms with Gasteiger partial charge in [-0.2, -0.15) is 5.10 Å². The van der Waals surface area contributed by atoms with E-state index in [-0.39, 0.29) is 5.92 Å². The summed E-state index contributed by atoms with van der Waals surface area (Å²) in [6, 6.07) is 0. The number of ether oxygens (including phenoxy) is 1. The second kappa shape index (κ2) is 4.94. The number of fused-ring (bicyclic) bond motifs is 1. The third kappa shape index (κ3) is 2.15. The Balaban J connectivity index is 2.01. The number of nitrogens with one attached hydrogen (secondary N) is 2. The number of rotatable bonds is 1. The molecule has 1 fully saturated rings. The van der Waals surface area contributed by atoms with Gasteiger partial charge in [-0.1, -0.05) is 0 Å². The summed E-state index contributed by atoms with van der Waals surface area (Å²) >= 11 is 2.14. The zero-order chi connectivity index (χ0) is 12.5. The number of hydrogen-bond donors (Lipinski definition) is 3. The largest absolute Gasteiger partial charge is 0.383 e. The van der Waals surface area contributed by atoms with Gasteiger partial charge in [0.1, 0.15) is 15.3 Å². The third-order valence-electron chi connectivity index (χ3n) is 2.91. The predicted octanol–water partition coefficient (Wildman–Crippen LogP) is 0.243. The zero-order valence-electron chi connectivity index (χ0n) is 9.61. The van der Waals surface area contributed by atoms with Gasteiger partial charge >= 0.3 is 0 Å². The normalized spacial score (nSPS) is 21.1. The van der Waals surface area contributed by atoms with Crippen LogP contribution in [0.2, 0.25) is 0 Å². The summed E-state index contributed by atoms with van der Waals surface area (Å²) in [7, 11) is 0. The van der Waals surface area contributed by atoms with Crippen molar-refractivity contribution in [2.75, 3.05) is 32.0 Å². The second-order valence-electron chi connectivity index (χ2n) is 4.18. The van der Waals surface area contributed by atoms with Crippen molar-refractivity contribution in [2.45, 2.75) is 5.92 Å². The lowest BCUT2D eigenvalue weighted by Crippen LogP contribution is -2.23. The van der Waals surface area contributed by atoms with Crippen molar-refractivity contribution in [3.63, 3.8) is 0 Å². The highest BCUT2D eigenvalue weighted by Gasteiger charge is 2.20. The quantitative estimate of drug-likeness (QED) is 0.630. The van der Waals surface area contributed by atoms with Crippen LogP contribution in [-0.2, 0) is 4.74 Å². The third-order valence-corrected chi connectivity index (χ3v) is 3.69. The Morgan fingerprint density at radius 3 is 3.17 bits per heavy atom. The van der Waals surface area contributed by atoms with Gasteiger partial charge in [0.05, 0.1) is 24.5 Å². The van der Waals surface area contributed by atoms with E-state index in [1.54, 1.807) is 0 Å². The smallest absolute Gasteiger partial charge is 0.187 e.